The van der Waals surface area contributed by atoms with Crippen LogP contribution >= 0.6 is 11.6 Å². The van der Waals surface area contributed by atoms with Gasteiger partial charge in [-0.3, -0.25) is 19.3 Å². The molecule has 0 aromatic heterocycles. The van der Waals surface area contributed by atoms with Crippen LogP contribution in [0, 0.1) is 0 Å². The van der Waals surface area contributed by atoms with Crippen molar-refractivity contribution in [3.63, 3.8) is 0 Å². The number of anilines is 1. The molecule has 31 heavy (non-hydrogen) atoms. The van der Waals surface area contributed by atoms with Gasteiger partial charge in [0, 0.05) is 31.5 Å². The highest BCUT2D eigenvalue weighted by Gasteiger charge is 2.52. The molecule has 2 heterocycles. The van der Waals surface area contributed by atoms with E-state index in [0.29, 0.717) is 29.1 Å². The summed E-state index contributed by atoms with van der Waals surface area (Å²) >= 11 is 5.97. The summed E-state index contributed by atoms with van der Waals surface area (Å²) in [6.45, 7) is 4.13. The molecule has 1 saturated heterocycles. The Morgan fingerprint density at radius 3 is 2.55 bits per heavy atom. The van der Waals surface area contributed by atoms with Crippen LogP contribution < -0.4 is 4.90 Å². The largest absolute Gasteiger partial charge is 0.339 e. The van der Waals surface area contributed by atoms with Crippen molar-refractivity contribution in [3.05, 3.63) is 64.7 Å². The van der Waals surface area contributed by atoms with Crippen molar-refractivity contribution < 1.29 is 14.4 Å². The van der Waals surface area contributed by atoms with Gasteiger partial charge in [0.15, 0.2) is 0 Å². The van der Waals surface area contributed by atoms with Gasteiger partial charge in [0.25, 0.3) is 5.91 Å². The van der Waals surface area contributed by atoms with Crippen LogP contribution in [0.1, 0.15) is 55.1 Å². The second-order valence-electron chi connectivity index (χ2n) is 8.40. The molecule has 0 saturated carbocycles. The van der Waals surface area contributed by atoms with Gasteiger partial charge in [-0.2, -0.15) is 0 Å². The highest BCUT2D eigenvalue weighted by molar-refractivity contribution is 6.30. The van der Waals surface area contributed by atoms with Crippen LogP contribution in [0.25, 0.3) is 0 Å². The van der Waals surface area contributed by atoms with E-state index in [1.54, 1.807) is 33.9 Å². The van der Waals surface area contributed by atoms with Gasteiger partial charge in [-0.1, -0.05) is 35.9 Å². The molecule has 7 heteroatoms. The number of amides is 3. The molecule has 6 nitrogen and oxygen atoms in total. The molecule has 2 atom stereocenters. The van der Waals surface area contributed by atoms with Crippen LogP contribution in [0.5, 0.6) is 0 Å². The summed E-state index contributed by atoms with van der Waals surface area (Å²) in [5.41, 5.74) is 1.41. The van der Waals surface area contributed by atoms with E-state index in [4.69, 9.17) is 11.6 Å². The second kappa shape index (κ2) is 8.00. The van der Waals surface area contributed by atoms with E-state index >= 15 is 0 Å². The zero-order chi connectivity index (χ0) is 22.3. The lowest BCUT2D eigenvalue weighted by atomic mass is 9.98. The number of benzene rings is 2. The van der Waals surface area contributed by atoms with Gasteiger partial charge in [-0.25, -0.2) is 0 Å². The molecule has 0 bridgehead atoms. The summed E-state index contributed by atoms with van der Waals surface area (Å²) in [6.07, 6.45) is 1.12. The third kappa shape index (κ3) is 3.59. The minimum absolute atomic E-state index is 0.00672. The zero-order valence-electron chi connectivity index (χ0n) is 18.0. The molecule has 162 valence electrons. The summed E-state index contributed by atoms with van der Waals surface area (Å²) in [6, 6.07) is 14.5. The Morgan fingerprint density at radius 2 is 1.84 bits per heavy atom. The Kier molecular flexibility index (Phi) is 5.52. The van der Waals surface area contributed by atoms with E-state index in [-0.39, 0.29) is 36.7 Å². The number of hydrogen-bond acceptors (Lipinski definition) is 3. The van der Waals surface area contributed by atoms with E-state index in [2.05, 4.69) is 0 Å². The lowest BCUT2D eigenvalue weighted by Crippen LogP contribution is -2.62. The van der Waals surface area contributed by atoms with Crippen LogP contribution in [0.2, 0.25) is 5.02 Å². The third-order valence-corrected chi connectivity index (χ3v) is 6.87. The number of halogens is 1. The van der Waals surface area contributed by atoms with E-state index in [1.165, 1.54) is 0 Å². The highest BCUT2D eigenvalue weighted by Crippen LogP contribution is 2.44. The number of carbonyl (C=O) groups excluding carboxylic acids is 3. The lowest BCUT2D eigenvalue weighted by Gasteiger charge is -2.48. The predicted molar refractivity (Wildman–Crippen MR) is 120 cm³/mol. The lowest BCUT2D eigenvalue weighted by molar-refractivity contribution is -0.132. The SMILES string of the molecule is CC(c1ccc(Cl)cc1)N(C)C(=O)CCN1C(=O)c2ccccc2N2C(=O)CCC12C. The molecule has 3 amide bonds. The quantitative estimate of drug-likeness (QED) is 0.699. The van der Waals surface area contributed by atoms with Crippen molar-refractivity contribution in [2.75, 3.05) is 18.5 Å². The molecule has 0 spiro atoms. The fraction of sp³-hybridized carbons (Fsp3) is 0.375. The number of para-hydroxylation sites is 1. The molecule has 2 unspecified atom stereocenters. The van der Waals surface area contributed by atoms with Crippen LogP contribution in [-0.2, 0) is 9.59 Å². The Labute approximate surface area is 187 Å². The Morgan fingerprint density at radius 1 is 1.16 bits per heavy atom. The van der Waals surface area contributed by atoms with Gasteiger partial charge >= 0.3 is 0 Å². The van der Waals surface area contributed by atoms with Crippen molar-refractivity contribution in [2.45, 2.75) is 44.8 Å². The minimum Gasteiger partial charge on any atom is -0.339 e. The average molecular weight is 440 g/mol. The van der Waals surface area contributed by atoms with Gasteiger partial charge in [0.1, 0.15) is 5.66 Å². The van der Waals surface area contributed by atoms with E-state index in [9.17, 15) is 14.4 Å². The van der Waals surface area contributed by atoms with Gasteiger partial charge < -0.3 is 9.80 Å². The fourth-order valence-corrected chi connectivity index (χ4v) is 4.73. The maximum absolute atomic E-state index is 13.3. The summed E-state index contributed by atoms with van der Waals surface area (Å²) in [4.78, 5) is 44.0. The van der Waals surface area contributed by atoms with E-state index in [0.717, 1.165) is 5.56 Å². The molecule has 2 aliphatic heterocycles. The van der Waals surface area contributed by atoms with Gasteiger partial charge in [-0.15, -0.1) is 0 Å². The van der Waals surface area contributed by atoms with Crippen LogP contribution in [0.15, 0.2) is 48.5 Å². The summed E-state index contributed by atoms with van der Waals surface area (Å²) < 4.78 is 0. The minimum atomic E-state index is -0.747. The zero-order valence-corrected chi connectivity index (χ0v) is 18.7. The van der Waals surface area contributed by atoms with Crippen LogP contribution in [0.3, 0.4) is 0 Å². The highest BCUT2D eigenvalue weighted by atomic mass is 35.5. The maximum atomic E-state index is 13.3. The Bertz CT molecular complexity index is 1040. The first-order chi connectivity index (χ1) is 14.7. The maximum Gasteiger partial charge on any atom is 0.257 e. The van der Waals surface area contributed by atoms with E-state index < -0.39 is 5.66 Å². The van der Waals surface area contributed by atoms with Gasteiger partial charge in [0.2, 0.25) is 11.8 Å². The van der Waals surface area contributed by atoms with E-state index in [1.807, 2.05) is 50.2 Å². The van der Waals surface area contributed by atoms with Crippen molar-refractivity contribution in [2.24, 2.45) is 0 Å². The average Bonchev–Trinajstić information content (AvgIpc) is 3.08. The molecule has 2 aromatic rings. The molecule has 1 fully saturated rings. The monoisotopic (exact) mass is 439 g/mol. The van der Waals surface area contributed by atoms with Crippen molar-refractivity contribution in [1.29, 1.82) is 0 Å². The van der Waals surface area contributed by atoms with Gasteiger partial charge in [0.05, 0.1) is 17.3 Å². The van der Waals surface area contributed by atoms with Crippen molar-refractivity contribution >= 4 is 35.0 Å². The normalized spacial score (nSPS) is 21.0. The first-order valence-electron chi connectivity index (χ1n) is 10.5. The molecule has 0 aliphatic carbocycles. The predicted octanol–water partition coefficient (Wildman–Crippen LogP) is 4.25. The Balaban J connectivity index is 1.52. The molecular weight excluding hydrogens is 414 g/mol. The number of hydrogen-bond donors (Lipinski definition) is 0. The fourth-order valence-electron chi connectivity index (χ4n) is 4.61. The summed E-state index contributed by atoms with van der Waals surface area (Å²) in [5.74, 6) is -0.189. The third-order valence-electron chi connectivity index (χ3n) is 6.62. The molecule has 4 rings (SSSR count). The van der Waals surface area contributed by atoms with Crippen molar-refractivity contribution in [3.8, 4) is 0 Å². The number of nitrogens with zero attached hydrogens (tertiary/aromatic N) is 3. The number of carbonyl (C=O) groups is 3. The van der Waals surface area contributed by atoms with Crippen LogP contribution in [0.4, 0.5) is 5.69 Å². The molecule has 0 radical (unpaired) electrons. The number of rotatable bonds is 5. The molecule has 0 N–H and O–H groups in total. The Hall–Kier alpha value is -2.86. The molecular formula is C24H26ClN3O3. The molecule has 2 aliphatic rings. The van der Waals surface area contributed by atoms with Crippen molar-refractivity contribution in [1.82, 2.24) is 9.80 Å². The smallest absolute Gasteiger partial charge is 0.257 e. The van der Waals surface area contributed by atoms with Crippen LogP contribution in [-0.4, -0.2) is 46.8 Å². The topological polar surface area (TPSA) is 60.9 Å². The summed E-state index contributed by atoms with van der Waals surface area (Å²) in [7, 11) is 1.77. The second-order valence-corrected chi connectivity index (χ2v) is 8.84. The standard InChI is InChI=1S/C24H26ClN3O3/c1-16(17-8-10-18(25)11-9-17)26(3)21(29)13-15-27-23(31)19-6-4-5-7-20(19)28-22(30)12-14-24(27,28)2/h4-11,16H,12-15H2,1-3H3. The first-order valence-corrected chi connectivity index (χ1v) is 10.9. The summed E-state index contributed by atoms with van der Waals surface area (Å²) in [5, 5.41) is 0.651. The first kappa shape index (κ1) is 21.4. The molecule has 2 aromatic carbocycles. The number of fused-ring (bicyclic) bond motifs is 3. The van der Waals surface area contributed by atoms with Gasteiger partial charge in [-0.05, 0) is 50.1 Å².